The molecule has 0 bridgehead atoms. The van der Waals surface area contributed by atoms with E-state index in [0.717, 1.165) is 36.2 Å². The summed E-state index contributed by atoms with van der Waals surface area (Å²) in [6.45, 7) is 11.7. The quantitative estimate of drug-likeness (QED) is 0.264. The fraction of sp³-hybridized carbons (Fsp3) is 0.548. The number of fused-ring (bicyclic) bond motifs is 1. The molecule has 0 radical (unpaired) electrons. The summed E-state index contributed by atoms with van der Waals surface area (Å²) in [6, 6.07) is 6.18. The van der Waals surface area contributed by atoms with Crippen LogP contribution in [0.1, 0.15) is 75.6 Å². The number of hydrogen-bond acceptors (Lipinski definition) is 10. The molecule has 11 nitrogen and oxygen atoms in total. The second-order valence-corrected chi connectivity index (χ2v) is 13.8. The summed E-state index contributed by atoms with van der Waals surface area (Å²) in [4.78, 5) is 33.7. The highest BCUT2D eigenvalue weighted by atomic mass is 32.1. The summed E-state index contributed by atoms with van der Waals surface area (Å²) >= 11 is 1.58. The molecule has 0 unspecified atom stereocenters. The molecule has 228 valence electrons. The van der Waals surface area contributed by atoms with Crippen molar-refractivity contribution in [3.05, 3.63) is 40.1 Å². The van der Waals surface area contributed by atoms with E-state index in [1.165, 1.54) is 4.88 Å². The van der Waals surface area contributed by atoms with E-state index in [1.54, 1.807) is 28.8 Å². The van der Waals surface area contributed by atoms with Gasteiger partial charge in [-0.2, -0.15) is 5.26 Å². The number of hydrogen-bond donors (Lipinski definition) is 0. The van der Waals surface area contributed by atoms with E-state index in [1.807, 2.05) is 51.9 Å². The molecule has 1 saturated heterocycles. The van der Waals surface area contributed by atoms with E-state index in [9.17, 15) is 10.1 Å². The molecular formula is C31H40N8O3S. The first-order valence-corrected chi connectivity index (χ1v) is 15.5. The van der Waals surface area contributed by atoms with Crippen LogP contribution in [0.5, 0.6) is 0 Å². The molecule has 4 heterocycles. The van der Waals surface area contributed by atoms with Crippen molar-refractivity contribution in [1.82, 2.24) is 24.9 Å². The Balaban J connectivity index is 1.40. The zero-order chi connectivity index (χ0) is 30.9. The Morgan fingerprint density at radius 1 is 1.30 bits per heavy atom. The summed E-state index contributed by atoms with van der Waals surface area (Å²) < 4.78 is 11.6. The van der Waals surface area contributed by atoms with Crippen molar-refractivity contribution >= 4 is 34.7 Å². The number of carbonyl (C=O) groups is 1. The fourth-order valence-corrected chi connectivity index (χ4v) is 7.06. The maximum absolute atomic E-state index is 12.7. The molecule has 3 aromatic heterocycles. The molecule has 1 aliphatic carbocycles. The summed E-state index contributed by atoms with van der Waals surface area (Å²) in [5.74, 6) is 1.29. The van der Waals surface area contributed by atoms with E-state index in [0.29, 0.717) is 48.3 Å². The van der Waals surface area contributed by atoms with Gasteiger partial charge in [0.1, 0.15) is 28.1 Å². The van der Waals surface area contributed by atoms with Crippen molar-refractivity contribution < 1.29 is 14.1 Å². The fourth-order valence-electron chi connectivity index (χ4n) is 5.80. The summed E-state index contributed by atoms with van der Waals surface area (Å²) in [7, 11) is 3.82. The highest BCUT2D eigenvalue weighted by Crippen LogP contribution is 2.50. The van der Waals surface area contributed by atoms with Crippen molar-refractivity contribution in [2.24, 2.45) is 4.99 Å². The molecule has 5 rings (SSSR count). The minimum Gasteiger partial charge on any atom is -0.444 e. The molecular weight excluding hydrogens is 564 g/mol. The van der Waals surface area contributed by atoms with Gasteiger partial charge in [-0.1, -0.05) is 5.16 Å². The van der Waals surface area contributed by atoms with Crippen LogP contribution in [0.2, 0.25) is 0 Å². The van der Waals surface area contributed by atoms with Crippen LogP contribution >= 0.6 is 11.3 Å². The van der Waals surface area contributed by atoms with Crippen molar-refractivity contribution in [3.8, 4) is 17.5 Å². The van der Waals surface area contributed by atoms with Gasteiger partial charge in [0, 0.05) is 56.9 Å². The number of rotatable bonds is 5. The number of anilines is 1. The zero-order valence-corrected chi connectivity index (χ0v) is 26.9. The Hall–Kier alpha value is -3.98. The van der Waals surface area contributed by atoms with Gasteiger partial charge in [0.2, 0.25) is 5.95 Å². The second kappa shape index (κ2) is 12.0. The largest absolute Gasteiger partial charge is 0.444 e. The van der Waals surface area contributed by atoms with Crippen LogP contribution in [0.4, 0.5) is 15.7 Å². The molecule has 0 aromatic carbocycles. The molecule has 0 spiro atoms. The van der Waals surface area contributed by atoms with E-state index >= 15 is 0 Å². The second-order valence-electron chi connectivity index (χ2n) is 12.7. The molecule has 3 aromatic rings. The number of nitriles is 1. The van der Waals surface area contributed by atoms with E-state index in [-0.39, 0.29) is 12.1 Å². The number of amides is 1. The Labute approximate surface area is 257 Å². The average molecular weight is 605 g/mol. The average Bonchev–Trinajstić information content (AvgIpc) is 3.54. The van der Waals surface area contributed by atoms with Crippen LogP contribution in [0.15, 0.2) is 27.8 Å². The number of aliphatic imine (C=N–C) groups is 1. The van der Waals surface area contributed by atoms with Gasteiger partial charge < -0.3 is 24.0 Å². The standard InChI is InChI=1S/C31H40N8O3S/c1-20-18-38(29(40)41-30(2,3)4)14-9-15-39(20)28-33-13-11-22(35-28)23-16-25(42-36-23)31(5)12-8-10-24-26(31)21(17-32)27(43-24)34-19-37(6)7/h11,13,16,19-20H,8-10,12,14-15,18H2,1-7H3/b34-19+/t20-,31+/m0/s1. The van der Waals surface area contributed by atoms with E-state index in [4.69, 9.17) is 14.2 Å². The zero-order valence-electron chi connectivity index (χ0n) is 26.0. The van der Waals surface area contributed by atoms with Crippen molar-refractivity contribution in [2.75, 3.05) is 38.6 Å². The Morgan fingerprint density at radius 2 is 2.09 bits per heavy atom. The maximum atomic E-state index is 12.7. The van der Waals surface area contributed by atoms with Crippen LogP contribution in [0.3, 0.4) is 0 Å². The number of thiophene rings is 1. The van der Waals surface area contributed by atoms with Crippen LogP contribution in [-0.2, 0) is 16.6 Å². The topological polar surface area (TPSA) is 124 Å². The molecule has 0 N–H and O–H groups in total. The SMILES string of the molecule is C[C@H]1CN(C(=O)OC(C)(C)C)CCCN1c1nccc(-c2cc([C@@]3(C)CCCc4sc(/N=C/N(C)C)c(C#N)c43)on2)n1. The third-order valence-electron chi connectivity index (χ3n) is 7.82. The normalized spacial score (nSPS) is 20.9. The molecule has 1 aliphatic heterocycles. The van der Waals surface area contributed by atoms with Crippen LogP contribution in [-0.4, -0.2) is 82.7 Å². The van der Waals surface area contributed by atoms with Crippen molar-refractivity contribution in [3.63, 3.8) is 0 Å². The van der Waals surface area contributed by atoms with Gasteiger partial charge in [0.05, 0.1) is 23.0 Å². The molecule has 2 atom stereocenters. The molecule has 1 fully saturated rings. The predicted octanol–water partition coefficient (Wildman–Crippen LogP) is 5.76. The van der Waals surface area contributed by atoms with Crippen molar-refractivity contribution in [1.29, 1.82) is 5.26 Å². The molecule has 12 heteroatoms. The summed E-state index contributed by atoms with van der Waals surface area (Å²) in [6.07, 6.45) is 6.67. The van der Waals surface area contributed by atoms with Crippen molar-refractivity contribution in [2.45, 2.75) is 77.4 Å². The number of aromatic nitrogens is 3. The lowest BCUT2D eigenvalue weighted by atomic mass is 9.71. The van der Waals surface area contributed by atoms with Gasteiger partial charge in [-0.25, -0.2) is 19.8 Å². The lowest BCUT2D eigenvalue weighted by Crippen LogP contribution is -2.43. The maximum Gasteiger partial charge on any atom is 0.410 e. The Kier molecular flexibility index (Phi) is 8.47. The number of aryl methyl sites for hydroxylation is 1. The van der Waals surface area contributed by atoms with Gasteiger partial charge in [-0.3, -0.25) is 0 Å². The first kappa shape index (κ1) is 30.5. The third-order valence-corrected chi connectivity index (χ3v) is 8.98. The number of carbonyl (C=O) groups excluding carboxylic acids is 1. The predicted molar refractivity (Wildman–Crippen MR) is 167 cm³/mol. The molecule has 0 saturated carbocycles. The number of nitrogens with zero attached hydrogens (tertiary/aromatic N) is 8. The smallest absolute Gasteiger partial charge is 0.410 e. The van der Waals surface area contributed by atoms with E-state index in [2.05, 4.69) is 39.9 Å². The number of ether oxygens (including phenoxy) is 1. The lowest BCUT2D eigenvalue weighted by Gasteiger charge is -2.31. The monoisotopic (exact) mass is 604 g/mol. The Bertz CT molecular complexity index is 1550. The van der Waals surface area contributed by atoms with Gasteiger partial charge in [0.25, 0.3) is 0 Å². The first-order chi connectivity index (χ1) is 20.4. The third kappa shape index (κ3) is 6.37. The van der Waals surface area contributed by atoms with Gasteiger partial charge >= 0.3 is 6.09 Å². The molecule has 2 aliphatic rings. The minimum absolute atomic E-state index is 0.00921. The van der Waals surface area contributed by atoms with Gasteiger partial charge in [0.15, 0.2) is 0 Å². The van der Waals surface area contributed by atoms with Gasteiger partial charge in [-0.15, -0.1) is 11.3 Å². The summed E-state index contributed by atoms with van der Waals surface area (Å²) in [5, 5.41) is 15.3. The van der Waals surface area contributed by atoms with Crippen LogP contribution in [0.25, 0.3) is 11.4 Å². The Morgan fingerprint density at radius 3 is 2.81 bits per heavy atom. The molecule has 43 heavy (non-hydrogen) atoms. The highest BCUT2D eigenvalue weighted by Gasteiger charge is 2.42. The molecule has 1 amide bonds. The van der Waals surface area contributed by atoms with E-state index < -0.39 is 11.0 Å². The highest BCUT2D eigenvalue weighted by molar-refractivity contribution is 7.16. The first-order valence-electron chi connectivity index (χ1n) is 14.7. The lowest BCUT2D eigenvalue weighted by molar-refractivity contribution is 0.0251. The minimum atomic E-state index is -0.543. The summed E-state index contributed by atoms with van der Waals surface area (Å²) in [5.41, 5.74) is 1.83. The van der Waals surface area contributed by atoms with Crippen LogP contribution < -0.4 is 4.90 Å². The van der Waals surface area contributed by atoms with Gasteiger partial charge in [-0.05, 0) is 71.9 Å². The van der Waals surface area contributed by atoms with Crippen LogP contribution in [0, 0.1) is 11.3 Å².